The zero-order valence-corrected chi connectivity index (χ0v) is 10.4. The van der Waals surface area contributed by atoms with Crippen LogP contribution < -0.4 is 5.73 Å². The summed E-state index contributed by atoms with van der Waals surface area (Å²) in [6.45, 7) is 9.05. The SMILES string of the molecule is CC1CCCCN1C(=O)C(N)C(C)(C)C. The number of carbonyl (C=O) groups is 1. The van der Waals surface area contributed by atoms with Crippen molar-refractivity contribution in [2.45, 2.75) is 59.0 Å². The van der Waals surface area contributed by atoms with Crippen molar-refractivity contribution in [3.63, 3.8) is 0 Å². The molecule has 1 fully saturated rings. The zero-order chi connectivity index (χ0) is 11.6. The second-order valence-electron chi connectivity index (χ2n) is 5.72. The number of nitrogens with two attached hydrogens (primary N) is 1. The molecule has 1 aliphatic heterocycles. The lowest BCUT2D eigenvalue weighted by atomic mass is 9.86. The van der Waals surface area contributed by atoms with Gasteiger partial charge in [0.1, 0.15) is 0 Å². The molecule has 3 nitrogen and oxygen atoms in total. The smallest absolute Gasteiger partial charge is 0.240 e. The average Bonchev–Trinajstić information content (AvgIpc) is 2.15. The summed E-state index contributed by atoms with van der Waals surface area (Å²) in [6.07, 6.45) is 3.46. The van der Waals surface area contributed by atoms with Gasteiger partial charge in [0.05, 0.1) is 6.04 Å². The lowest BCUT2D eigenvalue weighted by Crippen LogP contribution is -2.54. The Hall–Kier alpha value is -0.570. The first-order valence-electron chi connectivity index (χ1n) is 5.90. The summed E-state index contributed by atoms with van der Waals surface area (Å²) < 4.78 is 0. The summed E-state index contributed by atoms with van der Waals surface area (Å²) in [7, 11) is 0. The largest absolute Gasteiger partial charge is 0.339 e. The Balaban J connectivity index is 2.66. The summed E-state index contributed by atoms with van der Waals surface area (Å²) in [6, 6.07) is -0.0160. The first-order chi connectivity index (χ1) is 6.84. The fourth-order valence-electron chi connectivity index (χ4n) is 1.97. The highest BCUT2D eigenvalue weighted by molar-refractivity contribution is 5.82. The van der Waals surface area contributed by atoms with Crippen LogP contribution in [-0.2, 0) is 4.79 Å². The van der Waals surface area contributed by atoms with Gasteiger partial charge in [0, 0.05) is 12.6 Å². The number of carbonyl (C=O) groups excluding carboxylic acids is 1. The molecule has 2 atom stereocenters. The van der Waals surface area contributed by atoms with Crippen LogP contribution in [0.3, 0.4) is 0 Å². The molecule has 1 saturated heterocycles. The number of piperidine rings is 1. The molecule has 0 spiro atoms. The van der Waals surface area contributed by atoms with Gasteiger partial charge in [-0.05, 0) is 31.6 Å². The van der Waals surface area contributed by atoms with Gasteiger partial charge >= 0.3 is 0 Å². The summed E-state index contributed by atoms with van der Waals surface area (Å²) in [5, 5.41) is 0. The number of hydrogen-bond donors (Lipinski definition) is 1. The molecule has 2 unspecified atom stereocenters. The van der Waals surface area contributed by atoms with Crippen molar-refractivity contribution < 1.29 is 4.79 Å². The lowest BCUT2D eigenvalue weighted by molar-refractivity contribution is -0.138. The van der Waals surface area contributed by atoms with Gasteiger partial charge in [-0.2, -0.15) is 0 Å². The molecule has 1 heterocycles. The maximum atomic E-state index is 12.2. The predicted octanol–water partition coefficient (Wildman–Crippen LogP) is 1.76. The quantitative estimate of drug-likeness (QED) is 0.720. The molecular formula is C12H24N2O. The monoisotopic (exact) mass is 212 g/mol. The van der Waals surface area contributed by atoms with Gasteiger partial charge in [-0.1, -0.05) is 20.8 Å². The Kier molecular flexibility index (Phi) is 3.77. The van der Waals surface area contributed by atoms with Crippen LogP contribution in [0.2, 0.25) is 0 Å². The zero-order valence-electron chi connectivity index (χ0n) is 10.4. The number of likely N-dealkylation sites (tertiary alicyclic amines) is 1. The first kappa shape index (κ1) is 12.5. The van der Waals surface area contributed by atoms with Gasteiger partial charge in [-0.25, -0.2) is 0 Å². The highest BCUT2D eigenvalue weighted by Gasteiger charge is 2.33. The van der Waals surface area contributed by atoms with Crippen molar-refractivity contribution in [1.82, 2.24) is 4.90 Å². The Morgan fingerprint density at radius 2 is 2.00 bits per heavy atom. The van der Waals surface area contributed by atoms with Crippen molar-refractivity contribution in [2.75, 3.05) is 6.54 Å². The van der Waals surface area contributed by atoms with E-state index in [1.807, 2.05) is 25.7 Å². The Labute approximate surface area is 93.0 Å². The third kappa shape index (κ3) is 2.94. The molecule has 0 aromatic rings. The maximum absolute atomic E-state index is 12.2. The minimum absolute atomic E-state index is 0.120. The minimum Gasteiger partial charge on any atom is -0.339 e. The normalized spacial score (nSPS) is 25.1. The van der Waals surface area contributed by atoms with E-state index >= 15 is 0 Å². The Bertz CT molecular complexity index is 232. The summed E-state index contributed by atoms with van der Waals surface area (Å²) in [4.78, 5) is 14.1. The molecule has 0 aromatic heterocycles. The van der Waals surface area contributed by atoms with Gasteiger partial charge < -0.3 is 10.6 Å². The van der Waals surface area contributed by atoms with E-state index in [-0.39, 0.29) is 17.4 Å². The third-order valence-electron chi connectivity index (χ3n) is 3.29. The minimum atomic E-state index is -0.377. The molecule has 0 saturated carbocycles. The molecule has 1 rings (SSSR count). The second kappa shape index (κ2) is 4.52. The average molecular weight is 212 g/mol. The molecule has 15 heavy (non-hydrogen) atoms. The first-order valence-corrected chi connectivity index (χ1v) is 5.90. The third-order valence-corrected chi connectivity index (χ3v) is 3.29. The molecule has 0 aromatic carbocycles. The summed E-state index contributed by atoms with van der Waals surface area (Å²) in [5.74, 6) is 0.120. The summed E-state index contributed by atoms with van der Waals surface area (Å²) in [5.41, 5.74) is 5.85. The van der Waals surface area contributed by atoms with Gasteiger partial charge in [0.15, 0.2) is 0 Å². The molecule has 3 heteroatoms. The van der Waals surface area contributed by atoms with E-state index in [0.29, 0.717) is 6.04 Å². The van der Waals surface area contributed by atoms with E-state index in [0.717, 1.165) is 19.4 Å². The maximum Gasteiger partial charge on any atom is 0.240 e. The molecule has 2 N–H and O–H groups in total. The summed E-state index contributed by atoms with van der Waals surface area (Å²) >= 11 is 0. The fraction of sp³-hybridized carbons (Fsp3) is 0.917. The molecule has 1 amide bonds. The number of nitrogens with zero attached hydrogens (tertiary/aromatic N) is 1. The topological polar surface area (TPSA) is 46.3 Å². The molecule has 0 aliphatic carbocycles. The lowest BCUT2D eigenvalue weighted by Gasteiger charge is -2.38. The molecule has 88 valence electrons. The van der Waals surface area contributed by atoms with Gasteiger partial charge in [0.25, 0.3) is 0 Å². The number of amides is 1. The fourth-order valence-corrected chi connectivity index (χ4v) is 1.97. The van der Waals surface area contributed by atoms with Crippen molar-refractivity contribution in [3.05, 3.63) is 0 Å². The van der Waals surface area contributed by atoms with Crippen LogP contribution in [0, 0.1) is 5.41 Å². The van der Waals surface area contributed by atoms with Crippen LogP contribution in [0.5, 0.6) is 0 Å². The van der Waals surface area contributed by atoms with Crippen LogP contribution in [0.15, 0.2) is 0 Å². The highest BCUT2D eigenvalue weighted by atomic mass is 16.2. The van der Waals surface area contributed by atoms with Crippen LogP contribution in [0.1, 0.15) is 47.0 Å². The van der Waals surface area contributed by atoms with Crippen molar-refractivity contribution in [3.8, 4) is 0 Å². The van der Waals surface area contributed by atoms with Crippen LogP contribution in [0.4, 0.5) is 0 Å². The van der Waals surface area contributed by atoms with E-state index in [2.05, 4.69) is 6.92 Å². The van der Waals surface area contributed by atoms with E-state index in [4.69, 9.17) is 5.73 Å². The van der Waals surface area contributed by atoms with Crippen LogP contribution >= 0.6 is 0 Å². The van der Waals surface area contributed by atoms with Gasteiger partial charge in [0.2, 0.25) is 5.91 Å². The van der Waals surface area contributed by atoms with Gasteiger partial charge in [-0.15, -0.1) is 0 Å². The van der Waals surface area contributed by atoms with E-state index < -0.39 is 0 Å². The number of hydrogen-bond acceptors (Lipinski definition) is 2. The van der Waals surface area contributed by atoms with Crippen molar-refractivity contribution >= 4 is 5.91 Å². The molecule has 1 aliphatic rings. The second-order valence-corrected chi connectivity index (χ2v) is 5.72. The molecule has 0 bridgehead atoms. The Morgan fingerprint density at radius 1 is 1.40 bits per heavy atom. The van der Waals surface area contributed by atoms with Crippen LogP contribution in [0.25, 0.3) is 0 Å². The van der Waals surface area contributed by atoms with E-state index in [9.17, 15) is 4.79 Å². The Morgan fingerprint density at radius 3 is 2.47 bits per heavy atom. The van der Waals surface area contributed by atoms with Crippen LogP contribution in [-0.4, -0.2) is 29.4 Å². The number of rotatable bonds is 1. The predicted molar refractivity (Wildman–Crippen MR) is 62.5 cm³/mol. The molecular weight excluding hydrogens is 188 g/mol. The standard InChI is InChI=1S/C12H24N2O/c1-9-7-5-6-8-14(9)11(15)10(13)12(2,3)4/h9-10H,5-8,13H2,1-4H3. The molecule has 0 radical (unpaired) electrons. The van der Waals surface area contributed by atoms with E-state index in [1.165, 1.54) is 6.42 Å². The van der Waals surface area contributed by atoms with Gasteiger partial charge in [-0.3, -0.25) is 4.79 Å². The van der Waals surface area contributed by atoms with E-state index in [1.54, 1.807) is 0 Å². The van der Waals surface area contributed by atoms with Crippen molar-refractivity contribution in [1.29, 1.82) is 0 Å². The highest BCUT2D eigenvalue weighted by Crippen LogP contribution is 2.23. The van der Waals surface area contributed by atoms with Crippen molar-refractivity contribution in [2.24, 2.45) is 11.1 Å².